The van der Waals surface area contributed by atoms with Crippen molar-refractivity contribution in [3.63, 3.8) is 0 Å². The van der Waals surface area contributed by atoms with Crippen molar-refractivity contribution in [1.29, 1.82) is 0 Å². The van der Waals surface area contributed by atoms with Crippen molar-refractivity contribution in [3.8, 4) is 0 Å². The zero-order valence-corrected chi connectivity index (χ0v) is 9.09. The SMILES string of the molecule is CC(C)C(C)CN[C@@H]1CCC[C@H]1O. The summed E-state index contributed by atoms with van der Waals surface area (Å²) in [4.78, 5) is 0. The Morgan fingerprint density at radius 1 is 1.31 bits per heavy atom. The maximum atomic E-state index is 9.58. The van der Waals surface area contributed by atoms with Crippen LogP contribution in [0.1, 0.15) is 40.0 Å². The van der Waals surface area contributed by atoms with Crippen LogP contribution in [0, 0.1) is 11.8 Å². The molecule has 0 aromatic carbocycles. The third-order valence-corrected chi connectivity index (χ3v) is 3.32. The molecule has 0 aromatic heterocycles. The van der Waals surface area contributed by atoms with Crippen molar-refractivity contribution in [2.45, 2.75) is 52.2 Å². The normalized spacial score (nSPS) is 31.2. The van der Waals surface area contributed by atoms with Crippen molar-refractivity contribution >= 4 is 0 Å². The van der Waals surface area contributed by atoms with E-state index in [0.29, 0.717) is 12.0 Å². The second-order valence-electron chi connectivity index (χ2n) is 4.73. The highest BCUT2D eigenvalue weighted by atomic mass is 16.3. The van der Waals surface area contributed by atoms with Gasteiger partial charge in [-0.2, -0.15) is 0 Å². The van der Waals surface area contributed by atoms with Gasteiger partial charge in [0.1, 0.15) is 0 Å². The van der Waals surface area contributed by atoms with Gasteiger partial charge in [0.05, 0.1) is 6.10 Å². The van der Waals surface area contributed by atoms with Crippen LogP contribution in [0.2, 0.25) is 0 Å². The Morgan fingerprint density at radius 3 is 2.46 bits per heavy atom. The highest BCUT2D eigenvalue weighted by Gasteiger charge is 2.24. The summed E-state index contributed by atoms with van der Waals surface area (Å²) in [5.74, 6) is 1.43. The van der Waals surface area contributed by atoms with Crippen LogP contribution in [0.3, 0.4) is 0 Å². The Kier molecular flexibility index (Phi) is 4.20. The van der Waals surface area contributed by atoms with Gasteiger partial charge in [-0.3, -0.25) is 0 Å². The summed E-state index contributed by atoms with van der Waals surface area (Å²) in [5.41, 5.74) is 0. The monoisotopic (exact) mass is 185 g/mol. The second-order valence-corrected chi connectivity index (χ2v) is 4.73. The first-order valence-electron chi connectivity index (χ1n) is 5.52. The molecule has 2 heteroatoms. The van der Waals surface area contributed by atoms with E-state index in [4.69, 9.17) is 0 Å². The molecule has 0 bridgehead atoms. The molecule has 0 spiro atoms. The van der Waals surface area contributed by atoms with Gasteiger partial charge in [-0.1, -0.05) is 20.8 Å². The fraction of sp³-hybridized carbons (Fsp3) is 1.00. The number of aliphatic hydroxyl groups is 1. The van der Waals surface area contributed by atoms with Gasteiger partial charge in [-0.05, 0) is 37.6 Å². The van der Waals surface area contributed by atoms with E-state index < -0.39 is 0 Å². The maximum Gasteiger partial charge on any atom is 0.0693 e. The van der Waals surface area contributed by atoms with Gasteiger partial charge in [-0.15, -0.1) is 0 Å². The average molecular weight is 185 g/mol. The minimum Gasteiger partial charge on any atom is -0.392 e. The van der Waals surface area contributed by atoms with Crippen LogP contribution in [-0.2, 0) is 0 Å². The second kappa shape index (κ2) is 4.97. The molecule has 1 saturated carbocycles. The zero-order valence-electron chi connectivity index (χ0n) is 9.09. The molecule has 1 aliphatic rings. The molecular weight excluding hydrogens is 162 g/mol. The van der Waals surface area contributed by atoms with Crippen molar-refractivity contribution < 1.29 is 5.11 Å². The summed E-state index contributed by atoms with van der Waals surface area (Å²) in [6, 6.07) is 0.362. The van der Waals surface area contributed by atoms with Crippen LogP contribution >= 0.6 is 0 Å². The third-order valence-electron chi connectivity index (χ3n) is 3.32. The predicted octanol–water partition coefficient (Wildman–Crippen LogP) is 1.78. The number of aliphatic hydroxyl groups excluding tert-OH is 1. The highest BCUT2D eigenvalue weighted by molar-refractivity contribution is 4.83. The summed E-state index contributed by atoms with van der Waals surface area (Å²) in [5, 5.41) is 13.0. The van der Waals surface area contributed by atoms with Gasteiger partial charge >= 0.3 is 0 Å². The van der Waals surface area contributed by atoms with Gasteiger partial charge in [0, 0.05) is 6.04 Å². The van der Waals surface area contributed by atoms with Crippen LogP contribution < -0.4 is 5.32 Å². The molecule has 13 heavy (non-hydrogen) atoms. The van der Waals surface area contributed by atoms with Crippen molar-refractivity contribution in [1.82, 2.24) is 5.32 Å². The number of hydrogen-bond donors (Lipinski definition) is 2. The molecule has 0 aliphatic heterocycles. The Labute approximate surface area is 81.7 Å². The quantitative estimate of drug-likeness (QED) is 0.700. The summed E-state index contributed by atoms with van der Waals surface area (Å²) < 4.78 is 0. The van der Waals surface area contributed by atoms with Gasteiger partial charge in [0.2, 0.25) is 0 Å². The molecule has 3 atom stereocenters. The number of hydrogen-bond acceptors (Lipinski definition) is 2. The van der Waals surface area contributed by atoms with E-state index in [2.05, 4.69) is 26.1 Å². The summed E-state index contributed by atoms with van der Waals surface area (Å²) in [6.07, 6.45) is 3.20. The lowest BCUT2D eigenvalue weighted by Crippen LogP contribution is -2.38. The fourth-order valence-electron chi connectivity index (χ4n) is 1.75. The zero-order chi connectivity index (χ0) is 9.84. The molecule has 78 valence electrons. The van der Waals surface area contributed by atoms with Gasteiger partial charge in [0.25, 0.3) is 0 Å². The minimum absolute atomic E-state index is 0.0978. The molecule has 0 saturated heterocycles. The van der Waals surface area contributed by atoms with E-state index in [9.17, 15) is 5.11 Å². The molecule has 2 N–H and O–H groups in total. The molecule has 2 nitrogen and oxygen atoms in total. The van der Waals surface area contributed by atoms with Gasteiger partial charge < -0.3 is 10.4 Å². The Morgan fingerprint density at radius 2 is 2.00 bits per heavy atom. The maximum absolute atomic E-state index is 9.58. The van der Waals surface area contributed by atoms with Gasteiger partial charge in [-0.25, -0.2) is 0 Å². The molecule has 0 radical (unpaired) electrons. The van der Waals surface area contributed by atoms with Crippen LogP contribution in [0.15, 0.2) is 0 Å². The van der Waals surface area contributed by atoms with E-state index in [1.807, 2.05) is 0 Å². The lowest BCUT2D eigenvalue weighted by molar-refractivity contribution is 0.145. The lowest BCUT2D eigenvalue weighted by atomic mass is 9.98. The first-order valence-corrected chi connectivity index (χ1v) is 5.52. The summed E-state index contributed by atoms with van der Waals surface area (Å²) >= 11 is 0. The molecule has 0 aromatic rings. The summed E-state index contributed by atoms with van der Waals surface area (Å²) in [6.45, 7) is 7.80. The van der Waals surface area contributed by atoms with Crippen LogP contribution in [0.4, 0.5) is 0 Å². The van der Waals surface area contributed by atoms with E-state index in [0.717, 1.165) is 25.3 Å². The highest BCUT2D eigenvalue weighted by Crippen LogP contribution is 2.19. The van der Waals surface area contributed by atoms with E-state index in [1.165, 1.54) is 6.42 Å². The number of nitrogens with one attached hydrogen (secondary N) is 1. The third kappa shape index (κ3) is 3.28. The predicted molar refractivity (Wildman–Crippen MR) is 55.7 cm³/mol. The lowest BCUT2D eigenvalue weighted by Gasteiger charge is -2.21. The smallest absolute Gasteiger partial charge is 0.0693 e. The largest absolute Gasteiger partial charge is 0.392 e. The van der Waals surface area contributed by atoms with E-state index in [1.54, 1.807) is 0 Å². The Hall–Kier alpha value is -0.0800. The molecule has 1 aliphatic carbocycles. The minimum atomic E-state index is -0.0978. The number of rotatable bonds is 4. The Bertz CT molecular complexity index is 147. The van der Waals surface area contributed by atoms with Gasteiger partial charge in [0.15, 0.2) is 0 Å². The van der Waals surface area contributed by atoms with Crippen LogP contribution in [0.5, 0.6) is 0 Å². The molecular formula is C11H23NO. The first kappa shape index (κ1) is 11.0. The molecule has 1 unspecified atom stereocenters. The van der Waals surface area contributed by atoms with Crippen LogP contribution in [-0.4, -0.2) is 23.8 Å². The molecule has 1 fully saturated rings. The molecule has 1 rings (SSSR count). The van der Waals surface area contributed by atoms with E-state index >= 15 is 0 Å². The summed E-state index contributed by atoms with van der Waals surface area (Å²) in [7, 11) is 0. The average Bonchev–Trinajstić information content (AvgIpc) is 2.47. The van der Waals surface area contributed by atoms with Crippen LogP contribution in [0.25, 0.3) is 0 Å². The van der Waals surface area contributed by atoms with Crippen molar-refractivity contribution in [3.05, 3.63) is 0 Å². The molecule has 0 amide bonds. The van der Waals surface area contributed by atoms with Crippen molar-refractivity contribution in [2.24, 2.45) is 11.8 Å². The van der Waals surface area contributed by atoms with E-state index in [-0.39, 0.29) is 6.10 Å². The topological polar surface area (TPSA) is 32.3 Å². The standard InChI is InChI=1S/C11H23NO/c1-8(2)9(3)7-12-10-5-4-6-11(10)13/h8-13H,4-7H2,1-3H3/t9?,10-,11-/m1/s1. The first-order chi connectivity index (χ1) is 6.11. The Balaban J connectivity index is 2.18. The fourth-order valence-corrected chi connectivity index (χ4v) is 1.75. The molecule has 0 heterocycles. The van der Waals surface area contributed by atoms with Crippen molar-refractivity contribution in [2.75, 3.05) is 6.54 Å².